The van der Waals surface area contributed by atoms with Crippen molar-refractivity contribution in [3.63, 3.8) is 0 Å². The molecule has 0 spiro atoms. The predicted octanol–water partition coefficient (Wildman–Crippen LogP) is 3.52. The molecule has 2 aromatic carbocycles. The van der Waals surface area contributed by atoms with Crippen molar-refractivity contribution < 1.29 is 5.11 Å². The molecule has 2 rings (SSSR count). The number of anilines is 1. The second kappa shape index (κ2) is 4.96. The quantitative estimate of drug-likeness (QED) is 0.885. The molecule has 0 aliphatic carbocycles. The monoisotopic (exact) mass is 239 g/mol. The second-order valence-electron chi connectivity index (χ2n) is 4.47. The highest BCUT2D eigenvalue weighted by molar-refractivity contribution is 5.78. The zero-order chi connectivity index (χ0) is 13.1. The van der Waals surface area contributed by atoms with Crippen LogP contribution in [0.3, 0.4) is 0 Å². The van der Waals surface area contributed by atoms with Gasteiger partial charge in [0.25, 0.3) is 0 Å². The first-order valence-electron chi connectivity index (χ1n) is 5.84. The minimum Gasteiger partial charge on any atom is -0.508 e. The van der Waals surface area contributed by atoms with Gasteiger partial charge in [0, 0.05) is 19.8 Å². The Balaban J connectivity index is 2.26. The zero-order valence-electron chi connectivity index (χ0n) is 10.7. The van der Waals surface area contributed by atoms with Crippen molar-refractivity contribution in [3.8, 4) is 5.75 Å². The van der Waals surface area contributed by atoms with Crippen LogP contribution in [-0.4, -0.2) is 19.2 Å². The van der Waals surface area contributed by atoms with Gasteiger partial charge in [-0.25, -0.2) is 0 Å². The van der Waals surface area contributed by atoms with Gasteiger partial charge in [-0.05, 0) is 41.0 Å². The third-order valence-electron chi connectivity index (χ3n) is 2.95. The van der Waals surface area contributed by atoms with E-state index in [2.05, 4.69) is 35.7 Å². The second-order valence-corrected chi connectivity index (χ2v) is 4.47. The average molecular weight is 239 g/mol. The van der Waals surface area contributed by atoms with Crippen LogP contribution >= 0.6 is 0 Å². The summed E-state index contributed by atoms with van der Waals surface area (Å²) in [6.45, 7) is 4.10. The summed E-state index contributed by atoms with van der Waals surface area (Å²) in [5.41, 5.74) is 4.23. The van der Waals surface area contributed by atoms with Gasteiger partial charge in [0.15, 0.2) is 0 Å². The summed E-state index contributed by atoms with van der Waals surface area (Å²) in [6, 6.07) is 15.4. The topological polar surface area (TPSA) is 23.5 Å². The average Bonchev–Trinajstić information content (AvgIpc) is 2.39. The molecule has 0 unspecified atom stereocenters. The minimum absolute atomic E-state index is 0.273. The summed E-state index contributed by atoms with van der Waals surface area (Å²) in [5, 5.41) is 9.27. The summed E-state index contributed by atoms with van der Waals surface area (Å²) < 4.78 is 0. The molecule has 0 heterocycles. The summed E-state index contributed by atoms with van der Waals surface area (Å²) in [7, 11) is 4.04. The molecule has 0 aliphatic heterocycles. The normalized spacial score (nSPS) is 10.1. The van der Waals surface area contributed by atoms with E-state index in [9.17, 15) is 5.11 Å². The number of phenolic OH excluding ortho intramolecular Hbond substituents is 1. The molecule has 0 aromatic heterocycles. The van der Waals surface area contributed by atoms with Crippen molar-refractivity contribution >= 4 is 11.3 Å². The number of nitrogens with zero attached hydrogens (tertiary/aromatic N) is 1. The molecule has 0 saturated carbocycles. The molecule has 18 heavy (non-hydrogen) atoms. The van der Waals surface area contributed by atoms with Gasteiger partial charge in [0.05, 0.1) is 0 Å². The Morgan fingerprint density at radius 2 is 1.33 bits per heavy atom. The molecule has 0 radical (unpaired) electrons. The number of benzene rings is 2. The molecule has 0 fully saturated rings. The SMILES string of the molecule is C=C(c1ccc(O)cc1)c1ccc(N(C)C)cc1. The van der Waals surface area contributed by atoms with Crippen LogP contribution in [-0.2, 0) is 0 Å². The largest absolute Gasteiger partial charge is 0.508 e. The Labute approximate surface area is 108 Å². The van der Waals surface area contributed by atoms with E-state index in [0.29, 0.717) is 0 Å². The van der Waals surface area contributed by atoms with Gasteiger partial charge in [-0.3, -0.25) is 0 Å². The van der Waals surface area contributed by atoms with Crippen LogP contribution < -0.4 is 4.90 Å². The minimum atomic E-state index is 0.273. The van der Waals surface area contributed by atoms with E-state index in [4.69, 9.17) is 0 Å². The first-order valence-corrected chi connectivity index (χ1v) is 5.84. The molecule has 0 saturated heterocycles. The van der Waals surface area contributed by atoms with E-state index in [1.807, 2.05) is 26.2 Å². The lowest BCUT2D eigenvalue weighted by atomic mass is 9.99. The molecule has 0 bridgehead atoms. The number of phenols is 1. The van der Waals surface area contributed by atoms with Crippen LogP contribution in [0.1, 0.15) is 11.1 Å². The highest BCUT2D eigenvalue weighted by Gasteiger charge is 2.03. The van der Waals surface area contributed by atoms with Crippen molar-refractivity contribution in [3.05, 3.63) is 66.2 Å². The Hall–Kier alpha value is -2.22. The molecule has 0 amide bonds. The van der Waals surface area contributed by atoms with E-state index >= 15 is 0 Å². The molecule has 92 valence electrons. The molecule has 2 nitrogen and oxygen atoms in total. The van der Waals surface area contributed by atoms with Crippen LogP contribution in [0.2, 0.25) is 0 Å². The van der Waals surface area contributed by atoms with Gasteiger partial charge in [-0.2, -0.15) is 0 Å². The first-order chi connectivity index (χ1) is 8.58. The third kappa shape index (κ3) is 2.54. The summed E-state index contributed by atoms with van der Waals surface area (Å²) >= 11 is 0. The Morgan fingerprint density at radius 3 is 1.78 bits per heavy atom. The first kappa shape index (κ1) is 12.2. The van der Waals surface area contributed by atoms with Crippen molar-refractivity contribution in [2.75, 3.05) is 19.0 Å². The molecule has 0 atom stereocenters. The van der Waals surface area contributed by atoms with Crippen LogP contribution in [0.4, 0.5) is 5.69 Å². The number of rotatable bonds is 3. The van der Waals surface area contributed by atoms with Gasteiger partial charge < -0.3 is 10.0 Å². The maximum absolute atomic E-state index is 9.27. The van der Waals surface area contributed by atoms with E-state index in [1.54, 1.807) is 12.1 Å². The standard InChI is InChI=1S/C16H17NO/c1-12(14-6-10-16(18)11-7-14)13-4-8-15(9-5-13)17(2)3/h4-11,18H,1H2,2-3H3. The highest BCUT2D eigenvalue weighted by atomic mass is 16.3. The van der Waals surface area contributed by atoms with Gasteiger partial charge in [0.1, 0.15) is 5.75 Å². The van der Waals surface area contributed by atoms with E-state index in [-0.39, 0.29) is 5.75 Å². The van der Waals surface area contributed by atoms with Crippen molar-refractivity contribution in [1.82, 2.24) is 0 Å². The van der Waals surface area contributed by atoms with Crippen LogP contribution in [0.15, 0.2) is 55.1 Å². The Kier molecular flexibility index (Phi) is 3.38. The fourth-order valence-electron chi connectivity index (χ4n) is 1.79. The molecular weight excluding hydrogens is 222 g/mol. The zero-order valence-corrected chi connectivity index (χ0v) is 10.7. The highest BCUT2D eigenvalue weighted by Crippen LogP contribution is 2.24. The number of hydrogen-bond acceptors (Lipinski definition) is 2. The lowest BCUT2D eigenvalue weighted by molar-refractivity contribution is 0.475. The number of hydrogen-bond donors (Lipinski definition) is 1. The molecule has 0 aliphatic rings. The lowest BCUT2D eigenvalue weighted by Crippen LogP contribution is -2.08. The maximum Gasteiger partial charge on any atom is 0.115 e. The van der Waals surface area contributed by atoms with E-state index in [1.165, 1.54) is 0 Å². The van der Waals surface area contributed by atoms with Crippen molar-refractivity contribution in [2.45, 2.75) is 0 Å². The molecule has 2 heteroatoms. The molecular formula is C16H17NO. The maximum atomic E-state index is 9.27. The van der Waals surface area contributed by atoms with Gasteiger partial charge in [-0.15, -0.1) is 0 Å². The van der Waals surface area contributed by atoms with E-state index < -0.39 is 0 Å². The molecule has 2 aromatic rings. The van der Waals surface area contributed by atoms with Gasteiger partial charge in [-0.1, -0.05) is 30.8 Å². The predicted molar refractivity (Wildman–Crippen MR) is 77.0 cm³/mol. The summed E-state index contributed by atoms with van der Waals surface area (Å²) in [4.78, 5) is 2.06. The van der Waals surface area contributed by atoms with Crippen LogP contribution in [0.5, 0.6) is 5.75 Å². The summed E-state index contributed by atoms with van der Waals surface area (Å²) in [6.07, 6.45) is 0. The third-order valence-corrected chi connectivity index (χ3v) is 2.95. The lowest BCUT2D eigenvalue weighted by Gasteiger charge is -2.13. The number of aromatic hydroxyl groups is 1. The summed E-state index contributed by atoms with van der Waals surface area (Å²) in [5.74, 6) is 0.273. The van der Waals surface area contributed by atoms with Crippen LogP contribution in [0.25, 0.3) is 5.57 Å². The van der Waals surface area contributed by atoms with E-state index in [0.717, 1.165) is 22.4 Å². The smallest absolute Gasteiger partial charge is 0.115 e. The Morgan fingerprint density at radius 1 is 0.889 bits per heavy atom. The van der Waals surface area contributed by atoms with Crippen molar-refractivity contribution in [2.24, 2.45) is 0 Å². The fourth-order valence-corrected chi connectivity index (χ4v) is 1.79. The van der Waals surface area contributed by atoms with Crippen molar-refractivity contribution in [1.29, 1.82) is 0 Å². The molecule has 1 N–H and O–H groups in total. The fraction of sp³-hybridized carbons (Fsp3) is 0.125. The van der Waals surface area contributed by atoms with Gasteiger partial charge >= 0.3 is 0 Å². The van der Waals surface area contributed by atoms with Crippen LogP contribution in [0, 0.1) is 0 Å². The van der Waals surface area contributed by atoms with Gasteiger partial charge in [0.2, 0.25) is 0 Å². The Bertz CT molecular complexity index is 538.